The number of piperazine rings is 1. The first kappa shape index (κ1) is 21.7. The van der Waals surface area contributed by atoms with E-state index in [1.165, 1.54) is 5.56 Å². The molecule has 2 aliphatic rings. The van der Waals surface area contributed by atoms with Crippen molar-refractivity contribution in [3.63, 3.8) is 0 Å². The highest BCUT2D eigenvalue weighted by molar-refractivity contribution is 5.76. The monoisotopic (exact) mass is 449 g/mol. The molecule has 1 amide bonds. The topological polar surface area (TPSA) is 72.2 Å². The molecule has 0 spiro atoms. The number of carbonyl (C=O) groups excluding carboxylic acids is 1. The Morgan fingerprint density at radius 1 is 1.00 bits per heavy atom. The summed E-state index contributed by atoms with van der Waals surface area (Å²) in [5, 5.41) is 4.54. The van der Waals surface area contributed by atoms with Crippen LogP contribution in [0.2, 0.25) is 0 Å². The number of hydrogen-bond donors (Lipinski definition) is 0. The zero-order chi connectivity index (χ0) is 22.9. The van der Waals surface area contributed by atoms with Crippen LogP contribution in [0.15, 0.2) is 24.3 Å². The predicted octanol–water partition coefficient (Wildman–Crippen LogP) is 2.70. The third kappa shape index (κ3) is 4.53. The van der Waals surface area contributed by atoms with Crippen LogP contribution >= 0.6 is 0 Å². The Bertz CT molecular complexity index is 1180. The number of aryl methyl sites for hydroxylation is 3. The Hall–Kier alpha value is -3.13. The molecular weight excluding hydrogens is 418 g/mol. The quantitative estimate of drug-likeness (QED) is 0.597. The second-order valence-corrected chi connectivity index (χ2v) is 8.95. The van der Waals surface area contributed by atoms with E-state index in [4.69, 9.17) is 9.47 Å². The maximum atomic E-state index is 12.9. The van der Waals surface area contributed by atoms with Gasteiger partial charge in [-0.1, -0.05) is 6.07 Å². The van der Waals surface area contributed by atoms with Crippen molar-refractivity contribution >= 4 is 11.6 Å². The SMILES string of the molecule is Cc1cc2nc(C)c(CCC(=O)N3CCN(Cc4ccc5c(c4)OCCO5)CC3)c(C)n2n1. The average molecular weight is 450 g/mol. The van der Waals surface area contributed by atoms with Crippen LogP contribution in [-0.4, -0.2) is 69.7 Å². The minimum atomic E-state index is 0.213. The maximum Gasteiger partial charge on any atom is 0.222 e. The van der Waals surface area contributed by atoms with Crippen LogP contribution in [0.3, 0.4) is 0 Å². The molecule has 0 N–H and O–H groups in total. The summed E-state index contributed by atoms with van der Waals surface area (Å²) in [6.07, 6.45) is 1.19. The summed E-state index contributed by atoms with van der Waals surface area (Å²) in [5.74, 6) is 1.86. The largest absolute Gasteiger partial charge is 0.486 e. The van der Waals surface area contributed by atoms with E-state index in [1.807, 2.05) is 35.4 Å². The van der Waals surface area contributed by atoms with Gasteiger partial charge >= 0.3 is 0 Å². The van der Waals surface area contributed by atoms with Crippen LogP contribution in [0.5, 0.6) is 11.5 Å². The molecule has 0 aliphatic carbocycles. The van der Waals surface area contributed by atoms with Crippen LogP contribution in [-0.2, 0) is 17.8 Å². The molecule has 0 atom stereocenters. The summed E-state index contributed by atoms with van der Waals surface area (Å²) in [5.41, 5.74) is 6.21. The van der Waals surface area contributed by atoms with Gasteiger partial charge in [0.15, 0.2) is 17.1 Å². The standard InChI is InChI=1S/C25H31N5O3/c1-17-14-24-26-18(2)21(19(3)30(24)27-17)5-7-25(31)29-10-8-28(9-11-29)16-20-4-6-22-23(15-20)33-13-12-32-22/h4,6,14-15H,5,7-13,16H2,1-3H3. The highest BCUT2D eigenvalue weighted by Crippen LogP contribution is 2.31. The lowest BCUT2D eigenvalue weighted by molar-refractivity contribution is -0.133. The average Bonchev–Trinajstić information content (AvgIpc) is 3.19. The van der Waals surface area contributed by atoms with Gasteiger partial charge in [0, 0.05) is 56.6 Å². The molecule has 1 aromatic carbocycles. The first-order valence-electron chi connectivity index (χ1n) is 11.7. The summed E-state index contributed by atoms with van der Waals surface area (Å²) in [6, 6.07) is 8.15. The van der Waals surface area contributed by atoms with Gasteiger partial charge < -0.3 is 14.4 Å². The number of fused-ring (bicyclic) bond motifs is 2. The van der Waals surface area contributed by atoms with Crippen LogP contribution in [0.25, 0.3) is 5.65 Å². The molecular formula is C25H31N5O3. The van der Waals surface area contributed by atoms with E-state index in [0.717, 1.165) is 72.5 Å². The maximum absolute atomic E-state index is 12.9. The lowest BCUT2D eigenvalue weighted by atomic mass is 10.1. The van der Waals surface area contributed by atoms with Gasteiger partial charge in [-0.2, -0.15) is 5.10 Å². The van der Waals surface area contributed by atoms with Crippen molar-refractivity contribution in [1.29, 1.82) is 0 Å². The molecule has 5 rings (SSSR count). The van der Waals surface area contributed by atoms with Gasteiger partial charge in [0.1, 0.15) is 13.2 Å². The fourth-order valence-electron chi connectivity index (χ4n) is 4.79. The van der Waals surface area contributed by atoms with Crippen molar-refractivity contribution in [1.82, 2.24) is 24.4 Å². The van der Waals surface area contributed by atoms with Crippen molar-refractivity contribution in [3.05, 3.63) is 52.5 Å². The fraction of sp³-hybridized carbons (Fsp3) is 0.480. The molecule has 0 radical (unpaired) electrons. The molecule has 4 heterocycles. The fourth-order valence-corrected chi connectivity index (χ4v) is 4.79. The van der Waals surface area contributed by atoms with E-state index in [2.05, 4.69) is 34.0 Å². The van der Waals surface area contributed by atoms with Crippen LogP contribution in [0.1, 0.15) is 34.6 Å². The molecule has 8 heteroatoms. The van der Waals surface area contributed by atoms with Crippen molar-refractivity contribution < 1.29 is 14.3 Å². The zero-order valence-corrected chi connectivity index (χ0v) is 19.6. The van der Waals surface area contributed by atoms with Gasteiger partial charge in [0.05, 0.1) is 5.69 Å². The number of rotatable bonds is 5. The van der Waals surface area contributed by atoms with Gasteiger partial charge in [0.2, 0.25) is 5.91 Å². The molecule has 8 nitrogen and oxygen atoms in total. The second kappa shape index (κ2) is 9.02. The number of nitrogens with zero attached hydrogens (tertiary/aromatic N) is 5. The van der Waals surface area contributed by atoms with E-state index in [-0.39, 0.29) is 5.91 Å². The highest BCUT2D eigenvalue weighted by atomic mass is 16.6. The number of hydrogen-bond acceptors (Lipinski definition) is 6. The summed E-state index contributed by atoms with van der Waals surface area (Å²) >= 11 is 0. The highest BCUT2D eigenvalue weighted by Gasteiger charge is 2.22. The van der Waals surface area contributed by atoms with E-state index in [0.29, 0.717) is 26.1 Å². The van der Waals surface area contributed by atoms with Crippen LogP contribution in [0.4, 0.5) is 0 Å². The van der Waals surface area contributed by atoms with Crippen LogP contribution in [0, 0.1) is 20.8 Å². The van der Waals surface area contributed by atoms with Crippen LogP contribution < -0.4 is 9.47 Å². The Kier molecular flexibility index (Phi) is 5.93. The van der Waals surface area contributed by atoms with E-state index >= 15 is 0 Å². The Morgan fingerprint density at radius 2 is 1.76 bits per heavy atom. The molecule has 3 aromatic rings. The molecule has 174 valence electrons. The van der Waals surface area contributed by atoms with Crippen molar-refractivity contribution in [2.24, 2.45) is 0 Å². The number of aromatic nitrogens is 3. The molecule has 0 saturated carbocycles. The van der Waals surface area contributed by atoms with Crippen molar-refractivity contribution in [3.8, 4) is 11.5 Å². The van der Waals surface area contributed by atoms with Gasteiger partial charge in [-0.15, -0.1) is 0 Å². The van der Waals surface area contributed by atoms with E-state index in [1.54, 1.807) is 0 Å². The molecule has 2 aromatic heterocycles. The van der Waals surface area contributed by atoms with Gasteiger partial charge in [-0.05, 0) is 50.5 Å². The smallest absolute Gasteiger partial charge is 0.222 e. The second-order valence-electron chi connectivity index (χ2n) is 8.95. The Morgan fingerprint density at radius 3 is 2.55 bits per heavy atom. The first-order valence-corrected chi connectivity index (χ1v) is 11.7. The third-order valence-electron chi connectivity index (χ3n) is 6.61. The number of ether oxygens (including phenoxy) is 2. The lowest BCUT2D eigenvalue weighted by Gasteiger charge is -2.35. The third-order valence-corrected chi connectivity index (χ3v) is 6.61. The zero-order valence-electron chi connectivity index (χ0n) is 19.6. The van der Waals surface area contributed by atoms with Crippen molar-refractivity contribution in [2.45, 2.75) is 40.2 Å². The van der Waals surface area contributed by atoms with E-state index in [9.17, 15) is 4.79 Å². The van der Waals surface area contributed by atoms with E-state index < -0.39 is 0 Å². The van der Waals surface area contributed by atoms with Gasteiger partial charge in [-0.3, -0.25) is 9.69 Å². The lowest BCUT2D eigenvalue weighted by Crippen LogP contribution is -2.48. The molecule has 33 heavy (non-hydrogen) atoms. The number of carbonyl (C=O) groups is 1. The van der Waals surface area contributed by atoms with Gasteiger partial charge in [-0.25, -0.2) is 9.50 Å². The minimum Gasteiger partial charge on any atom is -0.486 e. The Labute approximate surface area is 194 Å². The normalized spacial score (nSPS) is 16.4. The summed E-state index contributed by atoms with van der Waals surface area (Å²) in [4.78, 5) is 22.0. The summed E-state index contributed by atoms with van der Waals surface area (Å²) in [6.45, 7) is 11.4. The molecule has 0 bridgehead atoms. The number of amides is 1. The number of benzene rings is 1. The van der Waals surface area contributed by atoms with Gasteiger partial charge in [0.25, 0.3) is 0 Å². The predicted molar refractivity (Wildman–Crippen MR) is 125 cm³/mol. The summed E-state index contributed by atoms with van der Waals surface area (Å²) in [7, 11) is 0. The molecule has 1 saturated heterocycles. The molecule has 1 fully saturated rings. The first-order chi connectivity index (χ1) is 16.0. The minimum absolute atomic E-state index is 0.213. The molecule has 0 unspecified atom stereocenters. The Balaban J connectivity index is 1.15. The van der Waals surface area contributed by atoms with Crippen molar-refractivity contribution in [2.75, 3.05) is 39.4 Å². The summed E-state index contributed by atoms with van der Waals surface area (Å²) < 4.78 is 13.2. The molecule has 2 aliphatic heterocycles.